The van der Waals surface area contributed by atoms with Crippen LogP contribution in [0.25, 0.3) is 27.3 Å². The van der Waals surface area contributed by atoms with Crippen LogP contribution < -0.4 is 0 Å². The number of aryl methyl sites for hydroxylation is 1. The molecule has 0 bridgehead atoms. The van der Waals surface area contributed by atoms with E-state index in [9.17, 15) is 0 Å². The number of hydrogen-bond acceptors (Lipinski definition) is 2. The fraction of sp³-hybridized carbons (Fsp3) is 0.222. The van der Waals surface area contributed by atoms with Crippen LogP contribution in [0.1, 0.15) is 31.2 Å². The number of rotatable bonds is 1. The molecule has 3 nitrogen and oxygen atoms in total. The van der Waals surface area contributed by atoms with Crippen molar-refractivity contribution in [3.63, 3.8) is 0 Å². The zero-order valence-electron chi connectivity index (χ0n) is 12.5. The Kier molecular flexibility index (Phi) is 2.52. The minimum absolute atomic E-state index is 0.519. The number of hydrogen-bond donors (Lipinski definition) is 0. The number of benzene rings is 2. The Balaban J connectivity index is 2.31. The van der Waals surface area contributed by atoms with Crippen LogP contribution in [0, 0.1) is 6.92 Å². The van der Waals surface area contributed by atoms with Crippen molar-refractivity contribution in [2.45, 2.75) is 26.7 Å². The average Bonchev–Trinajstić information content (AvgIpc) is 2.89. The van der Waals surface area contributed by atoms with Crippen LogP contribution in [0.2, 0.25) is 0 Å². The van der Waals surface area contributed by atoms with E-state index in [0.717, 1.165) is 16.9 Å². The number of aromatic nitrogens is 3. The van der Waals surface area contributed by atoms with Crippen molar-refractivity contribution in [2.24, 2.45) is 0 Å². The molecule has 2 aromatic heterocycles. The molecule has 0 spiro atoms. The molecule has 0 fully saturated rings. The van der Waals surface area contributed by atoms with E-state index in [2.05, 4.69) is 70.9 Å². The van der Waals surface area contributed by atoms with Crippen molar-refractivity contribution >= 4 is 27.3 Å². The second-order valence-electron chi connectivity index (χ2n) is 5.88. The van der Waals surface area contributed by atoms with Gasteiger partial charge in [0, 0.05) is 10.8 Å². The molecule has 0 radical (unpaired) electrons. The second kappa shape index (κ2) is 4.29. The number of fused-ring (bicyclic) bond motifs is 6. The Labute approximate surface area is 123 Å². The Morgan fingerprint density at radius 1 is 0.905 bits per heavy atom. The van der Waals surface area contributed by atoms with Crippen molar-refractivity contribution in [2.75, 3.05) is 0 Å². The summed E-state index contributed by atoms with van der Waals surface area (Å²) in [4.78, 5) is 0. The van der Waals surface area contributed by atoms with Crippen LogP contribution in [0.4, 0.5) is 0 Å². The third-order valence-electron chi connectivity index (χ3n) is 4.21. The molecule has 0 aliphatic heterocycles. The largest absolute Gasteiger partial charge is 0.279 e. The van der Waals surface area contributed by atoms with Gasteiger partial charge in [0.15, 0.2) is 5.65 Å². The van der Waals surface area contributed by atoms with Gasteiger partial charge in [-0.1, -0.05) is 44.2 Å². The highest BCUT2D eigenvalue weighted by Crippen LogP contribution is 2.31. The first-order chi connectivity index (χ1) is 10.2. The molecule has 4 aromatic rings. The van der Waals surface area contributed by atoms with Crippen LogP contribution in [-0.4, -0.2) is 14.6 Å². The molecule has 0 unspecified atom stereocenters. The molecule has 0 N–H and O–H groups in total. The predicted molar refractivity (Wildman–Crippen MR) is 86.8 cm³/mol. The van der Waals surface area contributed by atoms with Crippen molar-refractivity contribution in [3.05, 3.63) is 53.9 Å². The first kappa shape index (κ1) is 12.3. The van der Waals surface area contributed by atoms with Crippen LogP contribution >= 0.6 is 0 Å². The van der Waals surface area contributed by atoms with Gasteiger partial charge >= 0.3 is 0 Å². The molecule has 3 heteroatoms. The summed E-state index contributed by atoms with van der Waals surface area (Å²) in [5, 5.41) is 12.3. The summed E-state index contributed by atoms with van der Waals surface area (Å²) in [5.74, 6) is 1.45. The molecule has 0 saturated heterocycles. The molecule has 4 rings (SSSR count). The Bertz CT molecular complexity index is 980. The van der Waals surface area contributed by atoms with E-state index in [0.29, 0.717) is 5.92 Å². The highest BCUT2D eigenvalue weighted by atomic mass is 15.2. The molecule has 0 atom stereocenters. The smallest absolute Gasteiger partial charge is 0.169 e. The number of pyridine rings is 1. The van der Waals surface area contributed by atoms with Crippen molar-refractivity contribution in [1.29, 1.82) is 0 Å². The van der Waals surface area contributed by atoms with Gasteiger partial charge in [-0.2, -0.15) is 0 Å². The highest BCUT2D eigenvalue weighted by molar-refractivity contribution is 6.11. The SMILES string of the molecule is Cc1nnc2c3ccccc3c3cc(C(C)C)ccc3n12. The van der Waals surface area contributed by atoms with Crippen LogP contribution in [-0.2, 0) is 0 Å². The summed E-state index contributed by atoms with van der Waals surface area (Å²) >= 11 is 0. The molecular weight excluding hydrogens is 258 g/mol. The fourth-order valence-electron chi connectivity index (χ4n) is 3.06. The Morgan fingerprint density at radius 3 is 2.43 bits per heavy atom. The van der Waals surface area contributed by atoms with Crippen LogP contribution in [0.15, 0.2) is 42.5 Å². The molecule has 104 valence electrons. The lowest BCUT2D eigenvalue weighted by Crippen LogP contribution is -1.95. The van der Waals surface area contributed by atoms with E-state index in [4.69, 9.17) is 0 Å². The molecular formula is C18H17N3. The monoisotopic (exact) mass is 275 g/mol. The summed E-state index contributed by atoms with van der Waals surface area (Å²) in [7, 11) is 0. The first-order valence-electron chi connectivity index (χ1n) is 7.33. The summed E-state index contributed by atoms with van der Waals surface area (Å²) in [6, 6.07) is 15.2. The average molecular weight is 275 g/mol. The summed E-state index contributed by atoms with van der Waals surface area (Å²) in [6.07, 6.45) is 0. The van der Waals surface area contributed by atoms with E-state index in [1.807, 2.05) is 6.92 Å². The molecule has 0 aliphatic carbocycles. The van der Waals surface area contributed by atoms with Gasteiger partial charge in [0.1, 0.15) is 5.82 Å². The minimum atomic E-state index is 0.519. The first-order valence-corrected chi connectivity index (χ1v) is 7.33. The predicted octanol–water partition coefficient (Wildman–Crippen LogP) is 4.47. The van der Waals surface area contributed by atoms with E-state index >= 15 is 0 Å². The normalized spacial score (nSPS) is 12.0. The fourth-order valence-corrected chi connectivity index (χ4v) is 3.06. The van der Waals surface area contributed by atoms with Crippen molar-refractivity contribution < 1.29 is 0 Å². The zero-order valence-corrected chi connectivity index (χ0v) is 12.5. The van der Waals surface area contributed by atoms with Gasteiger partial charge in [-0.15, -0.1) is 10.2 Å². The molecule has 2 heterocycles. The summed E-state index contributed by atoms with van der Waals surface area (Å²) < 4.78 is 2.15. The topological polar surface area (TPSA) is 30.2 Å². The molecule has 0 saturated carbocycles. The van der Waals surface area contributed by atoms with E-state index in [1.165, 1.54) is 21.9 Å². The number of nitrogens with zero attached hydrogens (tertiary/aromatic N) is 3. The Morgan fingerprint density at radius 2 is 1.67 bits per heavy atom. The van der Waals surface area contributed by atoms with Gasteiger partial charge in [0.2, 0.25) is 0 Å². The Hall–Kier alpha value is -2.42. The standard InChI is InChI=1S/C18H17N3/c1-11(2)13-8-9-17-16(10-13)14-6-4-5-7-15(14)18-20-19-12(3)21(17)18/h4-11H,1-3H3. The summed E-state index contributed by atoms with van der Waals surface area (Å²) in [6.45, 7) is 6.46. The van der Waals surface area contributed by atoms with Gasteiger partial charge in [-0.05, 0) is 35.9 Å². The van der Waals surface area contributed by atoms with Crippen molar-refractivity contribution in [1.82, 2.24) is 14.6 Å². The summed E-state index contributed by atoms with van der Waals surface area (Å²) in [5.41, 5.74) is 3.47. The highest BCUT2D eigenvalue weighted by Gasteiger charge is 2.13. The van der Waals surface area contributed by atoms with E-state index in [1.54, 1.807) is 0 Å². The van der Waals surface area contributed by atoms with Gasteiger partial charge in [0.05, 0.1) is 5.52 Å². The van der Waals surface area contributed by atoms with E-state index < -0.39 is 0 Å². The molecule has 2 aromatic carbocycles. The minimum Gasteiger partial charge on any atom is -0.279 e. The maximum atomic E-state index is 4.37. The quantitative estimate of drug-likeness (QED) is 0.480. The van der Waals surface area contributed by atoms with Gasteiger partial charge < -0.3 is 0 Å². The zero-order chi connectivity index (χ0) is 14.6. The van der Waals surface area contributed by atoms with Gasteiger partial charge in [0.25, 0.3) is 0 Å². The maximum Gasteiger partial charge on any atom is 0.169 e. The molecule has 21 heavy (non-hydrogen) atoms. The van der Waals surface area contributed by atoms with Crippen LogP contribution in [0.3, 0.4) is 0 Å². The van der Waals surface area contributed by atoms with Crippen molar-refractivity contribution in [3.8, 4) is 0 Å². The lowest BCUT2D eigenvalue weighted by Gasteiger charge is -2.11. The lowest BCUT2D eigenvalue weighted by atomic mass is 9.98. The molecule has 0 amide bonds. The van der Waals surface area contributed by atoms with Crippen LogP contribution in [0.5, 0.6) is 0 Å². The maximum absolute atomic E-state index is 4.37. The lowest BCUT2D eigenvalue weighted by molar-refractivity contribution is 0.868. The molecule has 0 aliphatic rings. The van der Waals surface area contributed by atoms with E-state index in [-0.39, 0.29) is 0 Å². The third kappa shape index (κ3) is 1.67. The second-order valence-corrected chi connectivity index (χ2v) is 5.88. The van der Waals surface area contributed by atoms with Gasteiger partial charge in [-0.25, -0.2) is 0 Å². The van der Waals surface area contributed by atoms with Gasteiger partial charge in [-0.3, -0.25) is 4.40 Å². The third-order valence-corrected chi connectivity index (χ3v) is 4.21.